The number of rotatable bonds is 3. The number of aromatic nitrogens is 3. The minimum absolute atomic E-state index is 0.0405. The molecule has 4 heterocycles. The summed E-state index contributed by atoms with van der Waals surface area (Å²) in [5.41, 5.74) is 5.31. The quantitative estimate of drug-likeness (QED) is 0.816. The minimum Gasteiger partial charge on any atom is -0.433 e. The number of nitrogens with zero attached hydrogens (tertiary/aromatic N) is 4. The monoisotopic (exact) mass is 398 g/mol. The Hall–Kier alpha value is -2.84. The summed E-state index contributed by atoms with van der Waals surface area (Å²) in [6.07, 6.45) is 8.67. The molecular weight excluding hydrogens is 372 g/mol. The highest BCUT2D eigenvalue weighted by Crippen LogP contribution is 2.37. The number of hydrogen-bond donors (Lipinski definition) is 2. The average Bonchev–Trinajstić information content (AvgIpc) is 3.30. The summed E-state index contributed by atoms with van der Waals surface area (Å²) >= 11 is 0. The highest BCUT2D eigenvalue weighted by molar-refractivity contribution is 5.88. The molecule has 3 aliphatic rings. The van der Waals surface area contributed by atoms with Crippen LogP contribution in [-0.4, -0.2) is 62.6 Å². The average molecular weight is 398 g/mol. The smallest absolute Gasteiger partial charge is 0.411 e. The van der Waals surface area contributed by atoms with Crippen LogP contribution in [0, 0.1) is 0 Å². The number of aromatic amines is 1. The molecule has 2 unspecified atom stereocenters. The summed E-state index contributed by atoms with van der Waals surface area (Å²) < 4.78 is 5.82. The Morgan fingerprint density at radius 3 is 2.55 bits per heavy atom. The van der Waals surface area contributed by atoms with E-state index in [2.05, 4.69) is 19.9 Å². The number of nitrogens with two attached hydrogens (primary N) is 1. The topological polar surface area (TPSA) is 117 Å². The summed E-state index contributed by atoms with van der Waals surface area (Å²) in [6, 6.07) is 2.06. The fourth-order valence-corrected chi connectivity index (χ4v) is 5.23. The lowest BCUT2D eigenvalue weighted by Crippen LogP contribution is -2.59. The number of hydrogen-bond acceptors (Lipinski definition) is 6. The molecule has 2 bridgehead atoms. The lowest BCUT2D eigenvalue weighted by molar-refractivity contribution is -0.141. The van der Waals surface area contributed by atoms with E-state index in [1.165, 1.54) is 0 Å². The maximum absolute atomic E-state index is 13.1. The molecule has 2 saturated heterocycles. The highest BCUT2D eigenvalue weighted by Gasteiger charge is 2.48. The van der Waals surface area contributed by atoms with Gasteiger partial charge in [-0.25, -0.2) is 14.8 Å². The molecule has 9 nitrogen and oxygen atoms in total. The Kier molecular flexibility index (Phi) is 4.33. The number of H-pyrrole nitrogens is 1. The third kappa shape index (κ3) is 2.99. The van der Waals surface area contributed by atoms with Crippen LogP contribution in [0.5, 0.6) is 0 Å². The fourth-order valence-electron chi connectivity index (χ4n) is 5.23. The molecule has 3 N–H and O–H groups in total. The predicted octanol–water partition coefficient (Wildman–Crippen LogP) is 1.94. The van der Waals surface area contributed by atoms with Crippen LogP contribution < -0.4 is 10.6 Å². The summed E-state index contributed by atoms with van der Waals surface area (Å²) in [7, 11) is 0. The van der Waals surface area contributed by atoms with Crippen LogP contribution in [0.25, 0.3) is 11.0 Å². The minimum atomic E-state index is -1.14. The van der Waals surface area contributed by atoms with Crippen molar-refractivity contribution in [1.82, 2.24) is 19.9 Å². The van der Waals surface area contributed by atoms with Crippen molar-refractivity contribution in [3.05, 3.63) is 18.6 Å². The SMILES string of the molecule is NC(=O)C1(OC(=O)N2C3CCC2CN(c2ncnc4[nH]ccc24)C3)CCCCC1. The maximum Gasteiger partial charge on any atom is 0.411 e. The number of anilines is 1. The molecule has 0 aromatic carbocycles. The van der Waals surface area contributed by atoms with Gasteiger partial charge in [0.1, 0.15) is 17.8 Å². The van der Waals surface area contributed by atoms with Gasteiger partial charge in [0.05, 0.1) is 17.5 Å². The largest absolute Gasteiger partial charge is 0.433 e. The van der Waals surface area contributed by atoms with E-state index in [9.17, 15) is 9.59 Å². The van der Waals surface area contributed by atoms with Crippen molar-refractivity contribution in [2.45, 2.75) is 62.6 Å². The van der Waals surface area contributed by atoms with Crippen molar-refractivity contribution in [3.63, 3.8) is 0 Å². The molecule has 2 aliphatic heterocycles. The molecule has 2 atom stereocenters. The second-order valence-corrected chi connectivity index (χ2v) is 8.42. The van der Waals surface area contributed by atoms with E-state index in [0.29, 0.717) is 25.9 Å². The molecule has 1 aliphatic carbocycles. The molecular formula is C20H26N6O3. The first kappa shape index (κ1) is 18.2. The number of ether oxygens (including phenoxy) is 1. The van der Waals surface area contributed by atoms with Crippen LogP contribution >= 0.6 is 0 Å². The van der Waals surface area contributed by atoms with Crippen LogP contribution in [-0.2, 0) is 9.53 Å². The molecule has 9 heteroatoms. The van der Waals surface area contributed by atoms with Gasteiger partial charge in [-0.05, 0) is 44.6 Å². The van der Waals surface area contributed by atoms with Crippen molar-refractivity contribution in [3.8, 4) is 0 Å². The first-order valence-corrected chi connectivity index (χ1v) is 10.4. The number of nitrogens with one attached hydrogen (secondary N) is 1. The lowest BCUT2D eigenvalue weighted by Gasteiger charge is -2.43. The molecule has 5 rings (SSSR count). The Bertz CT molecular complexity index is 923. The number of fused-ring (bicyclic) bond motifs is 3. The normalized spacial score (nSPS) is 25.9. The maximum atomic E-state index is 13.1. The van der Waals surface area contributed by atoms with Crippen molar-refractivity contribution in [1.29, 1.82) is 0 Å². The molecule has 29 heavy (non-hydrogen) atoms. The first-order chi connectivity index (χ1) is 14.1. The molecule has 2 aromatic heterocycles. The third-order valence-corrected chi connectivity index (χ3v) is 6.72. The van der Waals surface area contributed by atoms with E-state index in [1.807, 2.05) is 17.2 Å². The van der Waals surface area contributed by atoms with Crippen LogP contribution in [0.3, 0.4) is 0 Å². The van der Waals surface area contributed by atoms with Gasteiger partial charge in [-0.3, -0.25) is 9.69 Å². The van der Waals surface area contributed by atoms with Gasteiger partial charge in [-0.1, -0.05) is 6.42 Å². The van der Waals surface area contributed by atoms with Crippen LogP contribution in [0.4, 0.5) is 10.6 Å². The zero-order valence-corrected chi connectivity index (χ0v) is 16.3. The highest BCUT2D eigenvalue weighted by atomic mass is 16.6. The molecule has 2 amide bonds. The van der Waals surface area contributed by atoms with Gasteiger partial charge in [0.25, 0.3) is 5.91 Å². The Morgan fingerprint density at radius 1 is 1.14 bits per heavy atom. The van der Waals surface area contributed by atoms with Gasteiger partial charge in [-0.15, -0.1) is 0 Å². The van der Waals surface area contributed by atoms with Crippen molar-refractivity contribution >= 4 is 28.9 Å². The van der Waals surface area contributed by atoms with Crippen LogP contribution in [0.1, 0.15) is 44.9 Å². The molecule has 3 fully saturated rings. The zero-order valence-electron chi connectivity index (χ0n) is 16.3. The molecule has 0 spiro atoms. The number of piperazine rings is 1. The Balaban J connectivity index is 1.34. The van der Waals surface area contributed by atoms with E-state index in [0.717, 1.165) is 49.0 Å². The lowest BCUT2D eigenvalue weighted by atomic mass is 9.84. The molecule has 2 aromatic rings. The second kappa shape index (κ2) is 6.89. The van der Waals surface area contributed by atoms with Gasteiger partial charge in [0.2, 0.25) is 0 Å². The van der Waals surface area contributed by atoms with Crippen molar-refractivity contribution < 1.29 is 14.3 Å². The van der Waals surface area contributed by atoms with E-state index < -0.39 is 17.6 Å². The van der Waals surface area contributed by atoms with Crippen LogP contribution in [0.2, 0.25) is 0 Å². The summed E-state index contributed by atoms with van der Waals surface area (Å²) in [5.74, 6) is 0.370. The van der Waals surface area contributed by atoms with Crippen molar-refractivity contribution in [2.75, 3.05) is 18.0 Å². The van der Waals surface area contributed by atoms with E-state index in [1.54, 1.807) is 6.33 Å². The van der Waals surface area contributed by atoms with Gasteiger partial charge in [-0.2, -0.15) is 0 Å². The summed E-state index contributed by atoms with van der Waals surface area (Å²) in [5, 5.41) is 0.984. The predicted molar refractivity (Wildman–Crippen MR) is 106 cm³/mol. The van der Waals surface area contributed by atoms with Crippen molar-refractivity contribution in [2.24, 2.45) is 5.73 Å². The zero-order chi connectivity index (χ0) is 20.0. The van der Waals surface area contributed by atoms with Gasteiger partial charge >= 0.3 is 6.09 Å². The summed E-state index contributed by atoms with van der Waals surface area (Å²) in [4.78, 5) is 41.2. The number of carbonyl (C=O) groups excluding carboxylic acids is 2. The second-order valence-electron chi connectivity index (χ2n) is 8.42. The van der Waals surface area contributed by atoms with Crippen LogP contribution in [0.15, 0.2) is 18.6 Å². The summed E-state index contributed by atoms with van der Waals surface area (Å²) in [6.45, 7) is 1.37. The van der Waals surface area contributed by atoms with Gasteiger partial charge in [0, 0.05) is 19.3 Å². The first-order valence-electron chi connectivity index (χ1n) is 10.4. The Morgan fingerprint density at radius 2 is 1.86 bits per heavy atom. The third-order valence-electron chi connectivity index (χ3n) is 6.72. The molecule has 1 saturated carbocycles. The Labute approximate surface area is 168 Å². The molecule has 0 radical (unpaired) electrons. The van der Waals surface area contributed by atoms with E-state index >= 15 is 0 Å². The van der Waals surface area contributed by atoms with Gasteiger partial charge in [0.15, 0.2) is 5.60 Å². The number of primary amides is 1. The molecule has 154 valence electrons. The van der Waals surface area contributed by atoms with Gasteiger partial charge < -0.3 is 20.4 Å². The standard InChI is InChI=1S/C20H26N6O3/c21-18(27)20(7-2-1-3-8-20)29-19(28)26-13-4-5-14(26)11-25(10-13)17-15-6-9-22-16(15)23-12-24-17/h6,9,12-14H,1-5,7-8,10-11H2,(H2,21,27)(H,22,23,24). The fraction of sp³-hybridized carbons (Fsp3) is 0.600. The van der Waals surface area contributed by atoms with E-state index in [-0.39, 0.29) is 12.1 Å². The van der Waals surface area contributed by atoms with E-state index in [4.69, 9.17) is 10.5 Å². The number of amides is 2. The number of carbonyl (C=O) groups is 2.